The second-order valence-electron chi connectivity index (χ2n) is 8.42. The number of amides is 1. The molecule has 180 valence electrons. The van der Waals surface area contributed by atoms with Crippen LogP contribution in [0.15, 0.2) is 24.3 Å². The number of fused-ring (bicyclic) bond motifs is 1. The van der Waals surface area contributed by atoms with Gasteiger partial charge in [0, 0.05) is 38.7 Å². The van der Waals surface area contributed by atoms with Gasteiger partial charge in [0.05, 0.1) is 22.8 Å². The molecule has 1 saturated heterocycles. The van der Waals surface area contributed by atoms with Crippen molar-refractivity contribution in [3.05, 3.63) is 51.9 Å². The van der Waals surface area contributed by atoms with Gasteiger partial charge in [0.2, 0.25) is 5.91 Å². The molecule has 3 aromatic rings. The van der Waals surface area contributed by atoms with Crippen LogP contribution in [0.4, 0.5) is 11.5 Å². The van der Waals surface area contributed by atoms with Crippen molar-refractivity contribution >= 4 is 46.0 Å². The van der Waals surface area contributed by atoms with Crippen molar-refractivity contribution in [2.45, 2.75) is 26.8 Å². The summed E-state index contributed by atoms with van der Waals surface area (Å²) in [5.41, 5.74) is 3.28. The average Bonchev–Trinajstić information content (AvgIpc) is 2.83. The summed E-state index contributed by atoms with van der Waals surface area (Å²) in [4.78, 5) is 40.5. The number of carboxylic acids is 1. The highest BCUT2D eigenvalue weighted by Gasteiger charge is 2.24. The zero-order valence-corrected chi connectivity index (χ0v) is 20.3. The van der Waals surface area contributed by atoms with Crippen LogP contribution in [0.5, 0.6) is 0 Å². The first-order valence-corrected chi connectivity index (χ1v) is 11.4. The Morgan fingerprint density at radius 1 is 1.17 bits per heavy atom. The fourth-order valence-electron chi connectivity index (χ4n) is 4.21. The zero-order valence-electron chi connectivity index (χ0n) is 19.5. The maximum Gasteiger partial charge on any atom is 0.356 e. The number of nitrogens with zero attached hydrogens (tertiary/aromatic N) is 6. The maximum atomic E-state index is 11.7. The molecule has 1 atom stereocenters. The minimum Gasteiger partial charge on any atom is -0.476 e. The number of carbonyl (C=O) groups excluding carboxylic acids is 1. The molecule has 0 aliphatic carbocycles. The van der Waals surface area contributed by atoms with Gasteiger partial charge in [-0.2, -0.15) is 5.26 Å². The van der Waals surface area contributed by atoms with Gasteiger partial charge < -0.3 is 20.2 Å². The molecular weight excluding hydrogens is 470 g/mol. The van der Waals surface area contributed by atoms with E-state index in [2.05, 4.69) is 21.4 Å². The topological polar surface area (TPSA) is 135 Å². The number of nitriles is 1. The maximum absolute atomic E-state index is 11.7. The van der Waals surface area contributed by atoms with E-state index in [-0.39, 0.29) is 28.5 Å². The van der Waals surface area contributed by atoms with Crippen molar-refractivity contribution < 1.29 is 14.7 Å². The van der Waals surface area contributed by atoms with E-state index >= 15 is 0 Å². The van der Waals surface area contributed by atoms with E-state index in [0.29, 0.717) is 48.7 Å². The first-order valence-electron chi connectivity index (χ1n) is 11.1. The van der Waals surface area contributed by atoms with Crippen LogP contribution < -0.4 is 10.2 Å². The van der Waals surface area contributed by atoms with Crippen LogP contribution in [0.1, 0.15) is 47.2 Å². The molecule has 1 amide bonds. The van der Waals surface area contributed by atoms with Crippen LogP contribution in [0.25, 0.3) is 11.0 Å². The summed E-state index contributed by atoms with van der Waals surface area (Å²) in [6.07, 6.45) is 0. The SMILES string of the molecule is CC(=O)N1CCN(c2nc3c([C@@H](C)Nc4ccc(Cl)nc4C(=O)O)cc(C)cc3nc2C#N)CC1. The molecule has 0 bridgehead atoms. The molecule has 1 aliphatic heterocycles. The van der Waals surface area contributed by atoms with Crippen LogP contribution >= 0.6 is 11.6 Å². The highest BCUT2D eigenvalue weighted by Crippen LogP contribution is 2.31. The lowest BCUT2D eigenvalue weighted by molar-refractivity contribution is -0.129. The van der Waals surface area contributed by atoms with Crippen molar-refractivity contribution in [1.29, 1.82) is 5.26 Å². The van der Waals surface area contributed by atoms with Crippen LogP contribution in [0.2, 0.25) is 5.15 Å². The highest BCUT2D eigenvalue weighted by atomic mass is 35.5. The van der Waals surface area contributed by atoms with Gasteiger partial charge in [-0.3, -0.25) is 4.79 Å². The monoisotopic (exact) mass is 493 g/mol. The Bertz CT molecular complexity index is 1360. The summed E-state index contributed by atoms with van der Waals surface area (Å²) in [6.45, 7) is 7.52. The molecule has 11 heteroatoms. The fourth-order valence-corrected chi connectivity index (χ4v) is 4.36. The number of aromatic nitrogens is 3. The zero-order chi connectivity index (χ0) is 25.3. The van der Waals surface area contributed by atoms with E-state index in [0.717, 1.165) is 11.1 Å². The van der Waals surface area contributed by atoms with Gasteiger partial charge in [0.1, 0.15) is 11.2 Å². The van der Waals surface area contributed by atoms with Crippen molar-refractivity contribution in [2.75, 3.05) is 36.4 Å². The molecule has 1 aliphatic rings. The van der Waals surface area contributed by atoms with Crippen LogP contribution in [0, 0.1) is 18.3 Å². The number of carbonyl (C=O) groups is 2. The Hall–Kier alpha value is -3.97. The summed E-state index contributed by atoms with van der Waals surface area (Å²) in [7, 11) is 0. The molecule has 0 spiro atoms. The number of pyridine rings is 1. The fraction of sp³-hybridized carbons (Fsp3) is 0.333. The van der Waals surface area contributed by atoms with Crippen molar-refractivity contribution in [3.63, 3.8) is 0 Å². The van der Waals surface area contributed by atoms with Gasteiger partial charge >= 0.3 is 5.97 Å². The molecule has 1 fully saturated rings. The third-order valence-electron chi connectivity index (χ3n) is 5.96. The van der Waals surface area contributed by atoms with E-state index in [1.54, 1.807) is 17.9 Å². The number of benzene rings is 1. The van der Waals surface area contributed by atoms with Crippen LogP contribution in [0.3, 0.4) is 0 Å². The van der Waals surface area contributed by atoms with Crippen molar-refractivity contribution in [2.24, 2.45) is 0 Å². The first-order chi connectivity index (χ1) is 16.7. The Morgan fingerprint density at radius 3 is 2.51 bits per heavy atom. The Balaban J connectivity index is 1.75. The van der Waals surface area contributed by atoms with Gasteiger partial charge in [-0.05, 0) is 37.6 Å². The summed E-state index contributed by atoms with van der Waals surface area (Å²) in [6, 6.07) is 8.72. The molecule has 0 radical (unpaired) electrons. The molecule has 35 heavy (non-hydrogen) atoms. The molecule has 10 nitrogen and oxygen atoms in total. The van der Waals surface area contributed by atoms with E-state index in [1.807, 2.05) is 30.9 Å². The number of nitrogens with one attached hydrogen (secondary N) is 1. The highest BCUT2D eigenvalue weighted by molar-refractivity contribution is 6.29. The van der Waals surface area contributed by atoms with Gasteiger partial charge in [-0.25, -0.2) is 19.7 Å². The molecule has 4 rings (SSSR count). The Kier molecular flexibility index (Phi) is 6.71. The first kappa shape index (κ1) is 24.2. The molecule has 1 aromatic carbocycles. The summed E-state index contributed by atoms with van der Waals surface area (Å²) >= 11 is 5.89. The smallest absolute Gasteiger partial charge is 0.356 e. The Morgan fingerprint density at radius 2 is 1.89 bits per heavy atom. The van der Waals surface area contributed by atoms with E-state index in [9.17, 15) is 20.0 Å². The quantitative estimate of drug-likeness (QED) is 0.512. The lowest BCUT2D eigenvalue weighted by Crippen LogP contribution is -2.48. The predicted molar refractivity (Wildman–Crippen MR) is 132 cm³/mol. The number of hydrogen-bond donors (Lipinski definition) is 2. The van der Waals surface area contributed by atoms with E-state index in [1.165, 1.54) is 6.07 Å². The third kappa shape index (κ3) is 4.95. The van der Waals surface area contributed by atoms with E-state index in [4.69, 9.17) is 16.6 Å². The third-order valence-corrected chi connectivity index (χ3v) is 6.17. The molecule has 3 heterocycles. The van der Waals surface area contributed by atoms with E-state index < -0.39 is 5.97 Å². The molecule has 0 saturated carbocycles. The number of aryl methyl sites for hydroxylation is 1. The van der Waals surface area contributed by atoms with Gasteiger partial charge in [-0.15, -0.1) is 0 Å². The standard InChI is InChI=1S/C24H24ClN7O3/c1-13-10-16(14(2)27-17-4-5-20(25)29-22(17)24(34)35)21-18(11-13)28-19(12-26)23(30-21)32-8-6-31(7-9-32)15(3)33/h4-5,10-11,14,27H,6-9H2,1-3H3,(H,34,35)/t14-/m1/s1. The predicted octanol–water partition coefficient (Wildman–Crippen LogP) is 3.40. The normalized spacial score (nSPS) is 14.5. The lowest BCUT2D eigenvalue weighted by Gasteiger charge is -2.35. The second kappa shape index (κ2) is 9.72. The lowest BCUT2D eigenvalue weighted by atomic mass is 10.0. The summed E-state index contributed by atoms with van der Waals surface area (Å²) in [5.74, 6) is -0.702. The van der Waals surface area contributed by atoms with Crippen molar-refractivity contribution in [3.8, 4) is 6.07 Å². The molecule has 2 N–H and O–H groups in total. The number of rotatable bonds is 5. The van der Waals surface area contributed by atoms with Gasteiger partial charge in [-0.1, -0.05) is 17.7 Å². The van der Waals surface area contributed by atoms with Crippen LogP contribution in [-0.4, -0.2) is 63.0 Å². The van der Waals surface area contributed by atoms with Crippen molar-refractivity contribution in [1.82, 2.24) is 19.9 Å². The molecule has 0 unspecified atom stereocenters. The number of halogens is 1. The number of hydrogen-bond acceptors (Lipinski definition) is 8. The molecule has 2 aromatic heterocycles. The second-order valence-corrected chi connectivity index (χ2v) is 8.81. The van der Waals surface area contributed by atoms with Gasteiger partial charge in [0.25, 0.3) is 0 Å². The molecular formula is C24H24ClN7O3. The summed E-state index contributed by atoms with van der Waals surface area (Å²) in [5, 5.41) is 22.6. The number of aromatic carboxylic acids is 1. The minimum atomic E-state index is -1.19. The Labute approximate surface area is 207 Å². The minimum absolute atomic E-state index is 0.0184. The largest absolute Gasteiger partial charge is 0.476 e. The number of anilines is 2. The van der Waals surface area contributed by atoms with Crippen LogP contribution in [-0.2, 0) is 4.79 Å². The number of piperazine rings is 1. The number of carboxylic acid groups (broad SMARTS) is 1. The average molecular weight is 494 g/mol. The van der Waals surface area contributed by atoms with Gasteiger partial charge in [0.15, 0.2) is 17.2 Å². The summed E-state index contributed by atoms with van der Waals surface area (Å²) < 4.78 is 0.